The van der Waals surface area contributed by atoms with E-state index in [2.05, 4.69) is 55.4 Å². The van der Waals surface area contributed by atoms with Crippen LogP contribution in [0, 0.1) is 0 Å². The van der Waals surface area contributed by atoms with Gasteiger partial charge in [0.25, 0.3) is 0 Å². The summed E-state index contributed by atoms with van der Waals surface area (Å²) in [6.45, 7) is 17.9. The van der Waals surface area contributed by atoms with Gasteiger partial charge in [-0.1, -0.05) is 55.4 Å². The van der Waals surface area contributed by atoms with Gasteiger partial charge in [0, 0.05) is 6.42 Å². The highest BCUT2D eigenvalue weighted by Gasteiger charge is 2.59. The van der Waals surface area contributed by atoms with Crippen molar-refractivity contribution in [3.8, 4) is 0 Å². The Morgan fingerprint density at radius 3 is 2.04 bits per heavy atom. The maximum atomic E-state index is 11.1. The van der Waals surface area contributed by atoms with Crippen molar-refractivity contribution in [3.63, 3.8) is 0 Å². The zero-order chi connectivity index (χ0) is 21.3. The van der Waals surface area contributed by atoms with Crippen LogP contribution >= 0.6 is 0 Å². The van der Waals surface area contributed by atoms with Gasteiger partial charge in [-0.3, -0.25) is 4.79 Å². The quantitative estimate of drug-likeness (QED) is 0.567. The molecule has 2 heterocycles. The van der Waals surface area contributed by atoms with Crippen LogP contribution in [0.15, 0.2) is 11.8 Å². The molecule has 1 saturated heterocycles. The van der Waals surface area contributed by atoms with E-state index in [1.807, 2.05) is 0 Å². The van der Waals surface area contributed by atoms with Gasteiger partial charge in [-0.2, -0.15) is 0 Å². The normalized spacial score (nSPS) is 26.8. The number of carboxylic acids is 1. The van der Waals surface area contributed by atoms with Crippen molar-refractivity contribution in [3.05, 3.63) is 11.8 Å². The molecule has 0 unspecified atom stereocenters. The van der Waals surface area contributed by atoms with Gasteiger partial charge >= 0.3 is 23.1 Å². The first-order valence-corrected chi connectivity index (χ1v) is 14.5. The average molecular weight is 431 g/mol. The van der Waals surface area contributed by atoms with Gasteiger partial charge in [0.05, 0.1) is 12.9 Å². The SMILES string of the molecule is CC(C)[Si]1(C(C)C)OC[C@H]2OC=C(CCC(=O)O)[C@@H]2O[Si](C(C)C)(C(C)C)O1. The molecule has 0 aromatic carbocycles. The van der Waals surface area contributed by atoms with Gasteiger partial charge in [0.15, 0.2) is 0 Å². The first-order valence-electron chi connectivity index (χ1n) is 10.5. The highest BCUT2D eigenvalue weighted by atomic mass is 28.5. The molecule has 8 heteroatoms. The molecular formula is C20H38O6Si2. The van der Waals surface area contributed by atoms with E-state index in [0.717, 1.165) is 5.57 Å². The van der Waals surface area contributed by atoms with Crippen LogP contribution in [-0.2, 0) is 22.5 Å². The largest absolute Gasteiger partial charge is 0.493 e. The van der Waals surface area contributed by atoms with Gasteiger partial charge in [0.1, 0.15) is 12.2 Å². The fourth-order valence-corrected chi connectivity index (χ4v) is 15.6. The van der Waals surface area contributed by atoms with E-state index >= 15 is 0 Å². The van der Waals surface area contributed by atoms with Crippen molar-refractivity contribution in [2.75, 3.05) is 6.61 Å². The fraction of sp³-hybridized carbons (Fsp3) is 0.850. The summed E-state index contributed by atoms with van der Waals surface area (Å²) in [4.78, 5) is 11.1. The second kappa shape index (κ2) is 8.99. The minimum Gasteiger partial charge on any atom is -0.493 e. The lowest BCUT2D eigenvalue weighted by atomic mass is 10.0. The van der Waals surface area contributed by atoms with E-state index in [0.29, 0.717) is 13.0 Å². The number of fused-ring (bicyclic) bond motifs is 1. The van der Waals surface area contributed by atoms with Crippen LogP contribution in [-0.4, -0.2) is 47.0 Å². The summed E-state index contributed by atoms with van der Waals surface area (Å²) in [5.41, 5.74) is 1.96. The number of aliphatic carboxylic acids is 1. The number of carbonyl (C=O) groups is 1. The van der Waals surface area contributed by atoms with Gasteiger partial charge in [-0.05, 0) is 34.2 Å². The fourth-order valence-electron chi connectivity index (χ4n) is 4.41. The van der Waals surface area contributed by atoms with Crippen LogP contribution in [0.5, 0.6) is 0 Å². The topological polar surface area (TPSA) is 74.2 Å². The van der Waals surface area contributed by atoms with Gasteiger partial charge < -0.3 is 22.8 Å². The maximum Gasteiger partial charge on any atom is 0.335 e. The lowest BCUT2D eigenvalue weighted by Gasteiger charge is -2.51. The molecule has 162 valence electrons. The predicted octanol–water partition coefficient (Wildman–Crippen LogP) is 5.09. The van der Waals surface area contributed by atoms with Crippen molar-refractivity contribution in [2.24, 2.45) is 0 Å². The van der Waals surface area contributed by atoms with Crippen LogP contribution < -0.4 is 0 Å². The van der Waals surface area contributed by atoms with Crippen molar-refractivity contribution in [1.29, 1.82) is 0 Å². The van der Waals surface area contributed by atoms with Gasteiger partial charge in [0.2, 0.25) is 0 Å². The van der Waals surface area contributed by atoms with E-state index in [4.69, 9.17) is 22.8 Å². The van der Waals surface area contributed by atoms with E-state index in [1.165, 1.54) is 0 Å². The Morgan fingerprint density at radius 1 is 1.04 bits per heavy atom. The molecule has 1 fully saturated rings. The van der Waals surface area contributed by atoms with E-state index in [9.17, 15) is 4.79 Å². The molecule has 0 aliphatic carbocycles. The van der Waals surface area contributed by atoms with Crippen LogP contribution in [0.1, 0.15) is 68.2 Å². The maximum absolute atomic E-state index is 11.1. The minimum atomic E-state index is -2.70. The van der Waals surface area contributed by atoms with Crippen LogP contribution in [0.4, 0.5) is 0 Å². The Morgan fingerprint density at radius 2 is 1.57 bits per heavy atom. The van der Waals surface area contributed by atoms with Crippen molar-refractivity contribution in [2.45, 2.75) is 103 Å². The molecule has 28 heavy (non-hydrogen) atoms. The van der Waals surface area contributed by atoms with Crippen molar-refractivity contribution in [1.82, 2.24) is 0 Å². The molecule has 2 atom stereocenters. The van der Waals surface area contributed by atoms with Crippen molar-refractivity contribution < 1.29 is 27.6 Å². The van der Waals surface area contributed by atoms with Gasteiger partial charge in [-0.15, -0.1) is 0 Å². The Kier molecular flexibility index (Phi) is 7.58. The standard InChI is InChI=1S/C20H38O6Si2/c1-13(2)27(14(3)4)24-12-18-20(17(11-23-18)9-10-19(21)22)25-28(26-27,15(5)6)16(7)8/h11,13-16,18,20H,9-10,12H2,1-8H3,(H,21,22)/t18-,20+/m1/s1. The lowest BCUT2D eigenvalue weighted by molar-refractivity contribution is -0.137. The molecule has 2 aliphatic rings. The molecule has 0 radical (unpaired) electrons. The molecule has 0 amide bonds. The molecule has 0 bridgehead atoms. The summed E-state index contributed by atoms with van der Waals surface area (Å²) < 4.78 is 26.6. The number of rotatable bonds is 7. The van der Waals surface area contributed by atoms with Crippen LogP contribution in [0.25, 0.3) is 0 Å². The Bertz CT molecular complexity index is 571. The van der Waals surface area contributed by atoms with Gasteiger partial charge in [-0.25, -0.2) is 0 Å². The Hall–Kier alpha value is -0.676. The van der Waals surface area contributed by atoms with E-state index < -0.39 is 23.1 Å². The number of hydrogen-bond donors (Lipinski definition) is 1. The zero-order valence-electron chi connectivity index (χ0n) is 18.7. The monoisotopic (exact) mass is 430 g/mol. The first kappa shape index (κ1) is 23.6. The molecule has 0 aromatic heterocycles. The summed E-state index contributed by atoms with van der Waals surface area (Å²) in [5.74, 6) is -0.815. The molecule has 2 rings (SSSR count). The number of ether oxygens (including phenoxy) is 1. The molecule has 6 nitrogen and oxygen atoms in total. The summed E-state index contributed by atoms with van der Waals surface area (Å²) in [5, 5.41) is 9.10. The van der Waals surface area contributed by atoms with Crippen molar-refractivity contribution >= 4 is 23.1 Å². The average Bonchev–Trinajstić information content (AvgIpc) is 2.92. The molecule has 0 spiro atoms. The summed E-state index contributed by atoms with van der Waals surface area (Å²) >= 11 is 0. The zero-order valence-corrected chi connectivity index (χ0v) is 20.7. The number of hydrogen-bond acceptors (Lipinski definition) is 5. The number of carboxylic acid groups (broad SMARTS) is 1. The molecule has 0 saturated carbocycles. The Balaban J connectivity index is 2.46. The third-order valence-corrected chi connectivity index (χ3v) is 16.3. The van der Waals surface area contributed by atoms with Crippen LogP contribution in [0.3, 0.4) is 0 Å². The molecule has 1 N–H and O–H groups in total. The first-order chi connectivity index (χ1) is 13.0. The predicted molar refractivity (Wildman–Crippen MR) is 114 cm³/mol. The van der Waals surface area contributed by atoms with Crippen LogP contribution in [0.2, 0.25) is 22.2 Å². The third kappa shape index (κ3) is 4.40. The second-order valence-electron chi connectivity index (χ2n) is 9.27. The summed E-state index contributed by atoms with van der Waals surface area (Å²) in [6.07, 6.45) is 1.66. The summed E-state index contributed by atoms with van der Waals surface area (Å²) in [6, 6.07) is 0. The van der Waals surface area contributed by atoms with E-state index in [-0.39, 0.29) is 40.8 Å². The Labute approximate surface area is 172 Å². The molecule has 2 aliphatic heterocycles. The molecule has 0 aromatic rings. The minimum absolute atomic E-state index is 0.0675. The lowest BCUT2D eigenvalue weighted by Crippen LogP contribution is -2.65. The highest BCUT2D eigenvalue weighted by Crippen LogP contribution is 2.47. The molecular weight excluding hydrogens is 392 g/mol. The highest BCUT2D eigenvalue weighted by molar-refractivity contribution is 6.84. The second-order valence-corrected chi connectivity index (χ2v) is 18.1. The third-order valence-electron chi connectivity index (χ3n) is 6.05. The smallest absolute Gasteiger partial charge is 0.335 e. The van der Waals surface area contributed by atoms with E-state index in [1.54, 1.807) is 6.26 Å². The summed E-state index contributed by atoms with van der Waals surface area (Å²) in [7, 11) is -5.26.